The summed E-state index contributed by atoms with van der Waals surface area (Å²) in [5.41, 5.74) is 2.38. The maximum Gasteiger partial charge on any atom is 0.330 e. The van der Waals surface area contributed by atoms with Crippen LogP contribution in [0.5, 0.6) is 0 Å². The third-order valence-corrected chi connectivity index (χ3v) is 2.95. The van der Waals surface area contributed by atoms with Crippen LogP contribution in [-0.4, -0.2) is 22.7 Å². The minimum absolute atomic E-state index is 0.361. The first-order valence-electron chi connectivity index (χ1n) is 6.73. The zero-order valence-corrected chi connectivity index (χ0v) is 11.8. The second-order valence-electron chi connectivity index (χ2n) is 4.44. The summed E-state index contributed by atoms with van der Waals surface area (Å²) in [4.78, 5) is 15.2. The zero-order chi connectivity index (χ0) is 15.1. The molecule has 2 aromatic rings. The number of pyridine rings is 1. The van der Waals surface area contributed by atoms with Gasteiger partial charge in [-0.05, 0) is 30.2 Å². The minimum atomic E-state index is -0.707. The number of aromatic nitrogens is 1. The molecule has 108 valence electrons. The molecule has 1 unspecified atom stereocenters. The molecule has 2 rings (SSSR count). The van der Waals surface area contributed by atoms with Gasteiger partial charge in [-0.15, -0.1) is 0 Å². The Morgan fingerprint density at radius 2 is 2.05 bits per heavy atom. The van der Waals surface area contributed by atoms with Gasteiger partial charge < -0.3 is 9.84 Å². The number of hydrogen-bond acceptors (Lipinski definition) is 4. The molecule has 0 saturated heterocycles. The first-order valence-corrected chi connectivity index (χ1v) is 6.73. The predicted molar refractivity (Wildman–Crippen MR) is 80.4 cm³/mol. The zero-order valence-electron chi connectivity index (χ0n) is 11.8. The fourth-order valence-electron chi connectivity index (χ4n) is 1.87. The van der Waals surface area contributed by atoms with Gasteiger partial charge in [-0.1, -0.05) is 30.3 Å². The van der Waals surface area contributed by atoms with E-state index in [1.54, 1.807) is 31.5 Å². The van der Waals surface area contributed by atoms with Crippen molar-refractivity contribution in [2.75, 3.05) is 6.61 Å². The third kappa shape index (κ3) is 4.26. The predicted octanol–water partition coefficient (Wildman–Crippen LogP) is 2.74. The SMILES string of the molecule is CCOC(=O)C=Cc1ccc(C(O)c2cccnc2)cc1. The van der Waals surface area contributed by atoms with Gasteiger partial charge in [0.2, 0.25) is 0 Å². The monoisotopic (exact) mass is 283 g/mol. The molecule has 0 bridgehead atoms. The number of aliphatic hydroxyl groups is 1. The molecule has 1 atom stereocenters. The summed E-state index contributed by atoms with van der Waals surface area (Å²) < 4.78 is 4.81. The highest BCUT2D eigenvalue weighted by atomic mass is 16.5. The molecule has 1 heterocycles. The van der Waals surface area contributed by atoms with Crippen LogP contribution in [-0.2, 0) is 9.53 Å². The van der Waals surface area contributed by atoms with Crippen molar-refractivity contribution in [1.82, 2.24) is 4.98 Å². The highest BCUT2D eigenvalue weighted by Crippen LogP contribution is 2.21. The Balaban J connectivity index is 2.07. The molecule has 1 aromatic heterocycles. The standard InChI is InChI=1S/C17H17NO3/c1-2-21-16(19)10-7-13-5-8-14(9-6-13)17(20)15-4-3-11-18-12-15/h3-12,17,20H,2H2,1H3. The van der Waals surface area contributed by atoms with Crippen LogP contribution in [0.25, 0.3) is 6.08 Å². The Labute approximate surface area is 123 Å². The van der Waals surface area contributed by atoms with Crippen LogP contribution in [0.3, 0.4) is 0 Å². The number of carbonyl (C=O) groups is 1. The van der Waals surface area contributed by atoms with E-state index in [2.05, 4.69) is 4.98 Å². The van der Waals surface area contributed by atoms with Crippen molar-refractivity contribution in [3.05, 3.63) is 71.6 Å². The van der Waals surface area contributed by atoms with E-state index in [9.17, 15) is 9.90 Å². The van der Waals surface area contributed by atoms with E-state index >= 15 is 0 Å². The Morgan fingerprint density at radius 3 is 2.67 bits per heavy atom. The maximum atomic E-state index is 11.2. The van der Waals surface area contributed by atoms with Crippen molar-refractivity contribution in [3.8, 4) is 0 Å². The second-order valence-corrected chi connectivity index (χ2v) is 4.44. The van der Waals surface area contributed by atoms with Gasteiger partial charge >= 0.3 is 5.97 Å². The van der Waals surface area contributed by atoms with Crippen molar-refractivity contribution in [2.45, 2.75) is 13.0 Å². The van der Waals surface area contributed by atoms with Crippen LogP contribution in [0.4, 0.5) is 0 Å². The van der Waals surface area contributed by atoms with Crippen LogP contribution in [0.15, 0.2) is 54.9 Å². The molecule has 1 N–H and O–H groups in total. The Kier molecular flexibility index (Phi) is 5.23. The van der Waals surface area contributed by atoms with E-state index in [4.69, 9.17) is 4.74 Å². The Hall–Kier alpha value is -2.46. The van der Waals surface area contributed by atoms with E-state index in [0.29, 0.717) is 6.61 Å². The van der Waals surface area contributed by atoms with Gasteiger partial charge in [-0.3, -0.25) is 4.98 Å². The van der Waals surface area contributed by atoms with Gasteiger partial charge in [0.05, 0.1) is 6.61 Å². The summed E-state index contributed by atoms with van der Waals surface area (Å²) in [6.07, 6.45) is 5.66. The maximum absolute atomic E-state index is 11.2. The molecule has 0 aliphatic heterocycles. The van der Waals surface area contributed by atoms with Crippen LogP contribution in [0, 0.1) is 0 Å². The van der Waals surface area contributed by atoms with Gasteiger partial charge in [0, 0.05) is 24.0 Å². The van der Waals surface area contributed by atoms with Gasteiger partial charge in [0.15, 0.2) is 0 Å². The average Bonchev–Trinajstić information content (AvgIpc) is 2.54. The molecule has 0 amide bonds. The molecule has 4 heteroatoms. The molecular weight excluding hydrogens is 266 g/mol. The van der Waals surface area contributed by atoms with Crippen LogP contribution >= 0.6 is 0 Å². The number of benzene rings is 1. The Morgan fingerprint density at radius 1 is 1.29 bits per heavy atom. The summed E-state index contributed by atoms with van der Waals surface area (Å²) >= 11 is 0. The fraction of sp³-hybridized carbons (Fsp3) is 0.176. The van der Waals surface area contributed by atoms with E-state index in [0.717, 1.165) is 16.7 Å². The first kappa shape index (κ1) is 14.9. The van der Waals surface area contributed by atoms with E-state index < -0.39 is 6.10 Å². The lowest BCUT2D eigenvalue weighted by atomic mass is 10.0. The lowest BCUT2D eigenvalue weighted by Crippen LogP contribution is -2.00. The van der Waals surface area contributed by atoms with Crippen LogP contribution in [0.1, 0.15) is 29.7 Å². The summed E-state index contributed by atoms with van der Waals surface area (Å²) in [5.74, 6) is -0.364. The number of ether oxygens (including phenoxy) is 1. The normalized spacial score (nSPS) is 12.3. The summed E-state index contributed by atoms with van der Waals surface area (Å²) in [6, 6.07) is 10.9. The van der Waals surface area contributed by atoms with Crippen molar-refractivity contribution in [2.24, 2.45) is 0 Å². The number of nitrogens with zero attached hydrogens (tertiary/aromatic N) is 1. The van der Waals surface area contributed by atoms with Crippen molar-refractivity contribution in [1.29, 1.82) is 0 Å². The lowest BCUT2D eigenvalue weighted by molar-refractivity contribution is -0.137. The Bertz CT molecular complexity index is 606. The van der Waals surface area contributed by atoms with E-state index in [1.165, 1.54) is 6.08 Å². The number of rotatable bonds is 5. The minimum Gasteiger partial charge on any atom is -0.463 e. The van der Waals surface area contributed by atoms with Gasteiger partial charge in [0.25, 0.3) is 0 Å². The van der Waals surface area contributed by atoms with Crippen molar-refractivity contribution in [3.63, 3.8) is 0 Å². The molecule has 4 nitrogen and oxygen atoms in total. The molecule has 1 aromatic carbocycles. The number of esters is 1. The van der Waals surface area contributed by atoms with Gasteiger partial charge in [-0.25, -0.2) is 4.79 Å². The number of carbonyl (C=O) groups excluding carboxylic acids is 1. The molecule has 0 radical (unpaired) electrons. The van der Waals surface area contributed by atoms with Gasteiger partial charge in [-0.2, -0.15) is 0 Å². The lowest BCUT2D eigenvalue weighted by Gasteiger charge is -2.10. The van der Waals surface area contributed by atoms with Crippen molar-refractivity contribution < 1.29 is 14.6 Å². The summed E-state index contributed by atoms with van der Waals surface area (Å²) in [6.45, 7) is 2.12. The smallest absolute Gasteiger partial charge is 0.330 e. The molecule has 21 heavy (non-hydrogen) atoms. The topological polar surface area (TPSA) is 59.4 Å². The summed E-state index contributed by atoms with van der Waals surface area (Å²) in [5, 5.41) is 10.2. The van der Waals surface area contributed by atoms with Crippen LogP contribution < -0.4 is 0 Å². The quantitative estimate of drug-likeness (QED) is 0.677. The number of hydrogen-bond donors (Lipinski definition) is 1. The van der Waals surface area contributed by atoms with Crippen molar-refractivity contribution >= 4 is 12.0 Å². The van der Waals surface area contributed by atoms with Crippen LogP contribution in [0.2, 0.25) is 0 Å². The molecular formula is C17H17NO3. The molecule has 0 fully saturated rings. The van der Waals surface area contributed by atoms with E-state index in [-0.39, 0.29) is 5.97 Å². The number of aliphatic hydroxyl groups excluding tert-OH is 1. The first-order chi connectivity index (χ1) is 10.2. The molecule has 0 saturated carbocycles. The third-order valence-electron chi connectivity index (χ3n) is 2.95. The highest BCUT2D eigenvalue weighted by molar-refractivity contribution is 5.87. The van der Waals surface area contributed by atoms with Gasteiger partial charge in [0.1, 0.15) is 6.10 Å². The fourth-order valence-corrected chi connectivity index (χ4v) is 1.87. The molecule has 0 spiro atoms. The molecule has 0 aliphatic rings. The second kappa shape index (κ2) is 7.36. The summed E-state index contributed by atoms with van der Waals surface area (Å²) in [7, 11) is 0. The molecule has 0 aliphatic carbocycles. The van der Waals surface area contributed by atoms with E-state index in [1.807, 2.05) is 30.3 Å². The largest absolute Gasteiger partial charge is 0.463 e. The highest BCUT2D eigenvalue weighted by Gasteiger charge is 2.09. The average molecular weight is 283 g/mol.